The van der Waals surface area contributed by atoms with Crippen molar-refractivity contribution in [2.75, 3.05) is 82.9 Å². The van der Waals surface area contributed by atoms with Crippen molar-refractivity contribution in [2.45, 2.75) is 69.0 Å². The first kappa shape index (κ1) is 50.5. The lowest BCUT2D eigenvalue weighted by Gasteiger charge is -2.58. The van der Waals surface area contributed by atoms with Crippen molar-refractivity contribution < 1.29 is 37.1 Å². The number of nitro groups is 1. The normalized spacial score (nSPS) is 18.6. The summed E-state index contributed by atoms with van der Waals surface area (Å²) in [5, 5.41) is 15.9. The van der Waals surface area contributed by atoms with Crippen LogP contribution < -0.4 is 24.4 Å². The second-order valence-corrected chi connectivity index (χ2v) is 22.0. The van der Waals surface area contributed by atoms with Gasteiger partial charge in [-0.15, -0.1) is 0 Å². The average Bonchev–Trinajstić information content (AvgIpc) is 3.87. The number of aromatic nitrogens is 2. The summed E-state index contributed by atoms with van der Waals surface area (Å²) in [6, 6.07) is 30.3. The average molecular weight is 1030 g/mol. The van der Waals surface area contributed by atoms with Crippen molar-refractivity contribution in [1.82, 2.24) is 29.4 Å². The van der Waals surface area contributed by atoms with Gasteiger partial charge in [0.25, 0.3) is 21.6 Å². The number of hydrogen-bond acceptors (Lipinski definition) is 14. The Morgan fingerprint density at radius 3 is 2.51 bits per heavy atom. The second-order valence-electron chi connectivity index (χ2n) is 20.3. The summed E-state index contributed by atoms with van der Waals surface area (Å²) in [6.07, 6.45) is 7.57. The lowest BCUT2D eigenvalue weighted by Crippen LogP contribution is -2.60. The third kappa shape index (κ3) is 10.9. The van der Waals surface area contributed by atoms with Gasteiger partial charge in [-0.3, -0.25) is 29.5 Å². The van der Waals surface area contributed by atoms with E-state index in [1.807, 2.05) is 24.3 Å². The summed E-state index contributed by atoms with van der Waals surface area (Å²) < 4.78 is 46.7. The molecule has 1 spiro atoms. The molecule has 0 bridgehead atoms. The number of morpholine rings is 1. The number of nitro benzene ring substituents is 1. The zero-order valence-corrected chi connectivity index (χ0v) is 42.8. The lowest BCUT2D eigenvalue weighted by molar-refractivity contribution is -0.384. The Bertz CT molecular complexity index is 3130. The molecule has 2 aromatic heterocycles. The van der Waals surface area contributed by atoms with E-state index < -0.39 is 31.4 Å². The molecular weight excluding hydrogens is 963 g/mol. The first-order valence-electron chi connectivity index (χ1n) is 25.4. The fraction of sp³-hybridized carbons (Fsp3) is 0.400. The maximum atomic E-state index is 14.1. The molecule has 18 nitrogen and oxygen atoms in total. The summed E-state index contributed by atoms with van der Waals surface area (Å²) >= 11 is 0. The minimum atomic E-state index is -4.62. The van der Waals surface area contributed by atoms with E-state index in [0.29, 0.717) is 36.5 Å². The summed E-state index contributed by atoms with van der Waals surface area (Å²) in [6.45, 7) is 11.2. The van der Waals surface area contributed by atoms with Crippen LogP contribution in [-0.4, -0.2) is 129 Å². The van der Waals surface area contributed by atoms with Crippen molar-refractivity contribution >= 4 is 49.9 Å². The minimum absolute atomic E-state index is 0.0279. The molecule has 5 heterocycles. The van der Waals surface area contributed by atoms with Crippen molar-refractivity contribution in [2.24, 2.45) is 5.41 Å². The largest absolute Gasteiger partial charge is 0.497 e. The van der Waals surface area contributed by atoms with Gasteiger partial charge in [-0.1, -0.05) is 50.2 Å². The number of methoxy groups -OCH3 is 1. The molecule has 2 amide bonds. The highest BCUT2D eigenvalue weighted by atomic mass is 32.2. The summed E-state index contributed by atoms with van der Waals surface area (Å²) in [5.41, 5.74) is 5.33. The highest BCUT2D eigenvalue weighted by molar-refractivity contribution is 7.90. The predicted molar refractivity (Wildman–Crippen MR) is 281 cm³/mol. The van der Waals surface area contributed by atoms with Gasteiger partial charge in [0.15, 0.2) is 0 Å². The molecule has 19 heteroatoms. The van der Waals surface area contributed by atoms with Crippen molar-refractivity contribution in [3.63, 3.8) is 0 Å². The summed E-state index contributed by atoms with van der Waals surface area (Å²) in [4.78, 5) is 54.0. The number of nitrogens with zero attached hydrogens (tertiary/aromatic N) is 6. The molecule has 1 saturated carbocycles. The van der Waals surface area contributed by atoms with Crippen LogP contribution in [0.2, 0.25) is 0 Å². The van der Waals surface area contributed by atoms with Gasteiger partial charge in [0.05, 0.1) is 35.3 Å². The zero-order chi connectivity index (χ0) is 51.6. The number of aromatic amines is 1. The van der Waals surface area contributed by atoms with E-state index >= 15 is 0 Å². The Balaban J connectivity index is 0.828. The second kappa shape index (κ2) is 21.4. The highest BCUT2D eigenvalue weighted by Gasteiger charge is 2.50. The number of ether oxygens (including phenoxy) is 3. The molecule has 0 radical (unpaired) electrons. The first-order valence-corrected chi connectivity index (χ1v) is 26.9. The minimum Gasteiger partial charge on any atom is -0.497 e. The number of fused-ring (bicyclic) bond motifs is 1. The molecule has 4 aromatic carbocycles. The van der Waals surface area contributed by atoms with Crippen LogP contribution in [0.25, 0.3) is 11.0 Å². The first-order chi connectivity index (χ1) is 35.7. The van der Waals surface area contributed by atoms with Crippen LogP contribution in [-0.2, 0) is 26.1 Å². The Morgan fingerprint density at radius 2 is 1.76 bits per heavy atom. The van der Waals surface area contributed by atoms with Gasteiger partial charge in [-0.05, 0) is 102 Å². The number of anilines is 2. The van der Waals surface area contributed by atoms with Gasteiger partial charge in [0.2, 0.25) is 5.91 Å². The number of amides is 2. The molecule has 4 fully saturated rings. The number of carbonyl (C=O) groups excluding carboxylic acids is 2. The van der Waals surface area contributed by atoms with Gasteiger partial charge >= 0.3 is 0 Å². The molecule has 4 aliphatic rings. The van der Waals surface area contributed by atoms with E-state index in [2.05, 4.69) is 85.0 Å². The Morgan fingerprint density at radius 1 is 0.959 bits per heavy atom. The number of H-pyrrole nitrogens is 1. The smallest absolute Gasteiger partial charge is 0.293 e. The van der Waals surface area contributed by atoms with E-state index in [9.17, 15) is 28.1 Å². The number of benzene rings is 4. The van der Waals surface area contributed by atoms with Gasteiger partial charge in [-0.2, -0.15) is 0 Å². The Labute approximate surface area is 431 Å². The van der Waals surface area contributed by atoms with Crippen molar-refractivity contribution in [1.29, 1.82) is 0 Å². The molecule has 1 atom stereocenters. The van der Waals surface area contributed by atoms with Crippen molar-refractivity contribution in [3.05, 3.63) is 142 Å². The van der Waals surface area contributed by atoms with Gasteiger partial charge in [-0.25, -0.2) is 18.1 Å². The molecule has 388 valence electrons. The fourth-order valence-electron chi connectivity index (χ4n) is 11.3. The number of piperazine rings is 1. The maximum Gasteiger partial charge on any atom is 0.293 e. The van der Waals surface area contributed by atoms with E-state index in [4.69, 9.17) is 14.2 Å². The highest BCUT2D eigenvalue weighted by Crippen LogP contribution is 2.53. The molecule has 6 aromatic rings. The van der Waals surface area contributed by atoms with Gasteiger partial charge < -0.3 is 34.3 Å². The Kier molecular flexibility index (Phi) is 14.6. The van der Waals surface area contributed by atoms with E-state index in [1.54, 1.807) is 36.4 Å². The van der Waals surface area contributed by atoms with Crippen LogP contribution in [0.4, 0.5) is 17.1 Å². The van der Waals surface area contributed by atoms with Crippen molar-refractivity contribution in [3.8, 4) is 17.2 Å². The molecule has 3 aliphatic heterocycles. The van der Waals surface area contributed by atoms with E-state index in [1.165, 1.54) is 35.0 Å². The summed E-state index contributed by atoms with van der Waals surface area (Å²) in [5.74, 6) is 0.583. The van der Waals surface area contributed by atoms with Crippen LogP contribution >= 0.6 is 0 Å². The lowest BCUT2D eigenvalue weighted by atomic mass is 9.59. The quantitative estimate of drug-likeness (QED) is 0.0584. The van der Waals surface area contributed by atoms with Crippen LogP contribution in [0.15, 0.2) is 114 Å². The third-order valence-electron chi connectivity index (χ3n) is 15.3. The van der Waals surface area contributed by atoms with Crippen LogP contribution in [0.1, 0.15) is 78.5 Å². The maximum absolute atomic E-state index is 14.1. The van der Waals surface area contributed by atoms with Gasteiger partial charge in [0.1, 0.15) is 35.2 Å². The SMILES string of the molecule is COc1ccc(CN2CCN(C3CC4(CCN(c5ccc(C(=O)NS(=O)(=O)c6ccc(NCCN7CCOCC7=O)c([N+](=O)[O-])c6)c(Oc6cnc7[nH]ccc7c6)c5)CC4)C3)[C@H](c3ccccc3C(C)C)C2)cc1. The number of pyridine rings is 1. The number of hydrogen-bond donors (Lipinski definition) is 3. The molecular formula is C55H63N9O9S. The number of piperidine rings is 1. The van der Waals surface area contributed by atoms with Crippen LogP contribution in [0.5, 0.6) is 17.2 Å². The van der Waals surface area contributed by atoms with Gasteiger partial charge in [0, 0.05) is 100 Å². The monoisotopic (exact) mass is 1030 g/mol. The molecule has 1 aliphatic carbocycles. The molecule has 0 unspecified atom stereocenters. The molecule has 3 N–H and O–H groups in total. The molecule has 3 saturated heterocycles. The Hall–Kier alpha value is -7.06. The number of rotatable bonds is 17. The topological polar surface area (TPSA) is 205 Å². The van der Waals surface area contributed by atoms with Crippen LogP contribution in [0.3, 0.4) is 0 Å². The number of nitrogens with one attached hydrogen (secondary N) is 3. The predicted octanol–water partition coefficient (Wildman–Crippen LogP) is 8.09. The third-order valence-corrected chi connectivity index (χ3v) is 16.7. The standard InChI is InChI=1S/C55H63N9O9S/c1-37(2)45-6-4-5-7-46(45)50-35-60(34-38-8-11-42(71-3)12-9-38)24-25-63(50)41-31-55(32-41)17-21-61(22-18-55)40-10-14-47(51(29-40)73-43-28-39-16-19-57-53(39)58-33-43)54(66)59-74(69,70)44-13-15-48(49(30-44)64(67)68)56-20-23-62-26-27-72-36-52(62)65/h4-16,19,28-30,33,37,41,50,56H,17-18,20-27,31-32,34-36H2,1-3H3,(H,57,58)(H,59,66)/t50-/m0/s1. The summed E-state index contributed by atoms with van der Waals surface area (Å²) in [7, 11) is -2.93. The van der Waals surface area contributed by atoms with Crippen LogP contribution in [0, 0.1) is 15.5 Å². The van der Waals surface area contributed by atoms with E-state index in [-0.39, 0.29) is 54.1 Å². The molecule has 74 heavy (non-hydrogen) atoms. The number of sulfonamides is 1. The molecule has 10 rings (SSSR count). The zero-order valence-electron chi connectivity index (χ0n) is 42.0. The fourth-order valence-corrected chi connectivity index (χ4v) is 12.3. The van der Waals surface area contributed by atoms with E-state index in [0.717, 1.165) is 87.8 Å². The number of carbonyl (C=O) groups is 2.